The molecule has 7 rings (SSSR count). The number of benzene rings is 4. The Balaban J connectivity index is 1.09. The molecule has 1 amide bonds. The molecule has 4 aromatic carbocycles. The fourth-order valence-electron chi connectivity index (χ4n) is 6.25. The summed E-state index contributed by atoms with van der Waals surface area (Å²) in [5.41, 5.74) is 0.716. The largest absolute Gasteiger partial charge is 0.493 e. The second-order valence-electron chi connectivity index (χ2n) is 12.2. The van der Waals surface area contributed by atoms with Crippen LogP contribution in [0.2, 0.25) is 5.02 Å². The van der Waals surface area contributed by atoms with Crippen molar-refractivity contribution in [2.24, 2.45) is 0 Å². The first-order chi connectivity index (χ1) is 24.9. The average Bonchev–Trinajstić information content (AvgIpc) is 3.15. The predicted octanol–water partition coefficient (Wildman–Crippen LogP) is 8.03. The molecule has 1 saturated heterocycles. The van der Waals surface area contributed by atoms with Crippen molar-refractivity contribution in [3.8, 4) is 28.7 Å². The van der Waals surface area contributed by atoms with Crippen LogP contribution in [0.25, 0.3) is 27.5 Å². The number of fused-ring (bicyclic) bond motifs is 2. The van der Waals surface area contributed by atoms with Gasteiger partial charge in [0.05, 0.1) is 40.8 Å². The van der Waals surface area contributed by atoms with Gasteiger partial charge in [-0.2, -0.15) is 5.10 Å². The van der Waals surface area contributed by atoms with E-state index in [0.717, 1.165) is 32.1 Å². The van der Waals surface area contributed by atoms with E-state index in [9.17, 15) is 9.59 Å². The lowest BCUT2D eigenvalue weighted by molar-refractivity contribution is 0.102. The molecule has 1 fully saturated rings. The van der Waals surface area contributed by atoms with Gasteiger partial charge in [0.15, 0.2) is 28.8 Å². The van der Waals surface area contributed by atoms with Crippen LogP contribution >= 0.6 is 11.6 Å². The van der Waals surface area contributed by atoms with Crippen LogP contribution < -0.4 is 25.0 Å². The Morgan fingerprint density at radius 1 is 0.902 bits per heavy atom. The first-order valence-corrected chi connectivity index (χ1v) is 17.1. The minimum Gasteiger partial charge on any atom is -0.493 e. The van der Waals surface area contributed by atoms with Gasteiger partial charge in [-0.05, 0) is 80.9 Å². The number of pyridine rings is 1. The van der Waals surface area contributed by atoms with Gasteiger partial charge in [-0.3, -0.25) is 14.6 Å². The molecule has 0 radical (unpaired) electrons. The van der Waals surface area contributed by atoms with Gasteiger partial charge >= 0.3 is 0 Å². The lowest BCUT2D eigenvalue weighted by atomic mass is 10.1. The number of nitrogens with zero attached hydrogens (tertiary/aromatic N) is 4. The number of para-hydroxylation sites is 2. The van der Waals surface area contributed by atoms with Crippen LogP contribution in [0.4, 0.5) is 10.1 Å². The lowest BCUT2D eigenvalue weighted by Crippen LogP contribution is -2.31. The number of carbonyl (C=O) groups is 1. The Bertz CT molecular complexity index is 2290. The maximum atomic E-state index is 15.5. The molecule has 1 aliphatic rings. The highest BCUT2D eigenvalue weighted by atomic mass is 35.5. The van der Waals surface area contributed by atoms with Crippen LogP contribution in [0.3, 0.4) is 0 Å². The van der Waals surface area contributed by atoms with Gasteiger partial charge in [-0.1, -0.05) is 42.3 Å². The molecule has 2 aromatic heterocycles. The van der Waals surface area contributed by atoms with Crippen molar-refractivity contribution in [1.29, 1.82) is 0 Å². The Morgan fingerprint density at radius 3 is 2.51 bits per heavy atom. The number of methoxy groups -OCH3 is 1. The molecule has 3 heterocycles. The Morgan fingerprint density at radius 2 is 1.71 bits per heavy atom. The number of hydrogen-bond acceptors (Lipinski definition) is 8. The standard InChI is InChI=1S/C39H35ClFN5O5/c1-49-35-23-27-30(24-36(35)50-21-9-20-45-18-7-2-8-19-45)42-17-16-33(27)51-34-15-14-25(22-29(34)41)43-39(48)37-38(47)26-10-3-5-12-31(26)46(44-37)32-13-6-4-11-28(32)40/h3-6,10-17,22-24H,2,7-9,18-21H2,1H3,(H,43,48). The fraction of sp³-hybridized carbons (Fsp3) is 0.231. The third-order valence-corrected chi connectivity index (χ3v) is 9.13. The number of carbonyl (C=O) groups excluding carboxylic acids is 1. The first-order valence-electron chi connectivity index (χ1n) is 16.8. The molecule has 0 spiro atoms. The number of rotatable bonds is 11. The molecule has 1 N–H and O–H groups in total. The summed E-state index contributed by atoms with van der Waals surface area (Å²) < 4.78 is 34.7. The smallest absolute Gasteiger partial charge is 0.280 e. The zero-order valence-corrected chi connectivity index (χ0v) is 28.7. The van der Waals surface area contributed by atoms with Crippen LogP contribution in [0, 0.1) is 5.82 Å². The molecule has 0 unspecified atom stereocenters. The van der Waals surface area contributed by atoms with Gasteiger partial charge in [0.2, 0.25) is 5.43 Å². The molecule has 0 atom stereocenters. The Kier molecular flexibility index (Phi) is 10.1. The van der Waals surface area contributed by atoms with Crippen molar-refractivity contribution in [1.82, 2.24) is 19.7 Å². The second kappa shape index (κ2) is 15.2. The van der Waals surface area contributed by atoms with Crippen molar-refractivity contribution in [3.05, 3.63) is 118 Å². The second-order valence-corrected chi connectivity index (χ2v) is 12.6. The summed E-state index contributed by atoms with van der Waals surface area (Å²) in [6.07, 6.45) is 6.27. The van der Waals surface area contributed by atoms with Crippen LogP contribution in [-0.2, 0) is 0 Å². The number of aromatic nitrogens is 3. The van der Waals surface area contributed by atoms with Gasteiger partial charge in [0, 0.05) is 35.9 Å². The third-order valence-electron chi connectivity index (χ3n) is 8.81. The number of ether oxygens (including phenoxy) is 3. The minimum absolute atomic E-state index is 0.0811. The van der Waals surface area contributed by atoms with E-state index < -0.39 is 17.2 Å². The number of nitrogens with one attached hydrogen (secondary N) is 1. The van der Waals surface area contributed by atoms with E-state index in [2.05, 4.69) is 20.3 Å². The van der Waals surface area contributed by atoms with Gasteiger partial charge in [0.1, 0.15) is 5.75 Å². The van der Waals surface area contributed by atoms with E-state index in [-0.39, 0.29) is 22.5 Å². The van der Waals surface area contributed by atoms with Crippen LogP contribution in [0.5, 0.6) is 23.0 Å². The predicted molar refractivity (Wildman–Crippen MR) is 195 cm³/mol. The van der Waals surface area contributed by atoms with Crippen molar-refractivity contribution in [2.75, 3.05) is 38.7 Å². The highest BCUT2D eigenvalue weighted by molar-refractivity contribution is 6.32. The van der Waals surface area contributed by atoms with Crippen molar-refractivity contribution in [3.63, 3.8) is 0 Å². The van der Waals surface area contributed by atoms with Crippen molar-refractivity contribution < 1.29 is 23.4 Å². The first kappa shape index (κ1) is 34.0. The summed E-state index contributed by atoms with van der Waals surface area (Å²) in [6.45, 7) is 3.81. The molecule has 1 aliphatic heterocycles. The minimum atomic E-state index is -0.809. The zero-order chi connectivity index (χ0) is 35.3. The number of halogens is 2. The monoisotopic (exact) mass is 707 g/mol. The van der Waals surface area contributed by atoms with Crippen molar-refractivity contribution >= 4 is 45.0 Å². The molecular formula is C39H35ClFN5O5. The van der Waals surface area contributed by atoms with E-state index in [0.29, 0.717) is 51.0 Å². The molecule has 0 saturated carbocycles. The molecular weight excluding hydrogens is 673 g/mol. The van der Waals surface area contributed by atoms with E-state index in [1.807, 2.05) is 0 Å². The lowest BCUT2D eigenvalue weighted by Gasteiger charge is -2.26. The summed E-state index contributed by atoms with van der Waals surface area (Å²) in [6, 6.07) is 22.9. The molecule has 6 aromatic rings. The summed E-state index contributed by atoms with van der Waals surface area (Å²) in [5.74, 6) is -0.199. The quantitative estimate of drug-likeness (QED) is 0.135. The maximum absolute atomic E-state index is 15.5. The molecule has 51 heavy (non-hydrogen) atoms. The summed E-state index contributed by atoms with van der Waals surface area (Å²) in [4.78, 5) is 33.7. The van der Waals surface area contributed by atoms with E-state index in [1.165, 1.54) is 36.1 Å². The SMILES string of the molecule is COc1cc2c(Oc3ccc(NC(=O)c4nn(-c5ccccc5Cl)c5ccccc5c4=O)cc3F)ccnc2cc1OCCCN1CCCCC1. The molecule has 0 bridgehead atoms. The highest BCUT2D eigenvalue weighted by Crippen LogP contribution is 2.38. The molecule has 0 aliphatic carbocycles. The average molecular weight is 708 g/mol. The molecule has 260 valence electrons. The van der Waals surface area contributed by atoms with Gasteiger partial charge < -0.3 is 24.4 Å². The number of hydrogen-bond donors (Lipinski definition) is 1. The number of piperidine rings is 1. The number of amides is 1. The third kappa shape index (κ3) is 7.35. The summed E-state index contributed by atoms with van der Waals surface area (Å²) in [5, 5.41) is 8.23. The summed E-state index contributed by atoms with van der Waals surface area (Å²) in [7, 11) is 1.56. The van der Waals surface area contributed by atoms with Crippen LogP contribution in [-0.4, -0.2) is 58.9 Å². The van der Waals surface area contributed by atoms with Gasteiger partial charge in [-0.25, -0.2) is 9.07 Å². The Hall–Kier alpha value is -5.52. The fourth-order valence-corrected chi connectivity index (χ4v) is 6.46. The topological polar surface area (TPSA) is 108 Å². The number of anilines is 1. The van der Waals surface area contributed by atoms with Crippen LogP contribution in [0.15, 0.2) is 95.9 Å². The zero-order valence-electron chi connectivity index (χ0n) is 27.9. The maximum Gasteiger partial charge on any atom is 0.280 e. The van der Waals surface area contributed by atoms with E-state index in [4.69, 9.17) is 25.8 Å². The highest BCUT2D eigenvalue weighted by Gasteiger charge is 2.20. The van der Waals surface area contributed by atoms with Gasteiger partial charge in [-0.15, -0.1) is 0 Å². The van der Waals surface area contributed by atoms with E-state index in [1.54, 1.807) is 80.0 Å². The normalized spacial score (nSPS) is 13.3. The summed E-state index contributed by atoms with van der Waals surface area (Å²) >= 11 is 6.44. The number of likely N-dealkylation sites (tertiary alicyclic amines) is 1. The molecule has 12 heteroatoms. The van der Waals surface area contributed by atoms with E-state index >= 15 is 4.39 Å². The van der Waals surface area contributed by atoms with Crippen molar-refractivity contribution in [2.45, 2.75) is 25.7 Å². The van der Waals surface area contributed by atoms with Crippen LogP contribution in [0.1, 0.15) is 36.2 Å². The Labute approximate surface area is 298 Å². The molecule has 10 nitrogen and oxygen atoms in total. The van der Waals surface area contributed by atoms with Gasteiger partial charge in [0.25, 0.3) is 5.91 Å².